The van der Waals surface area contributed by atoms with Crippen LogP contribution in [0.5, 0.6) is 5.75 Å². The molecule has 1 saturated heterocycles. The largest absolute Gasteiger partial charge is 0.494 e. The summed E-state index contributed by atoms with van der Waals surface area (Å²) < 4.78 is 10.8. The molecule has 8 heteroatoms. The molecule has 1 unspecified atom stereocenters. The van der Waals surface area contributed by atoms with Crippen LogP contribution in [0.1, 0.15) is 36.7 Å². The van der Waals surface area contributed by atoms with E-state index in [2.05, 4.69) is 20.5 Å². The Hall–Kier alpha value is -3.13. The first-order valence-corrected chi connectivity index (χ1v) is 11.1. The number of amides is 2. The summed E-state index contributed by atoms with van der Waals surface area (Å²) in [6.07, 6.45) is 1.75. The van der Waals surface area contributed by atoms with E-state index in [4.69, 9.17) is 9.47 Å². The lowest BCUT2D eigenvalue weighted by atomic mass is 10.0. The van der Waals surface area contributed by atoms with E-state index in [1.165, 1.54) is 0 Å². The normalized spacial score (nSPS) is 14.7. The van der Waals surface area contributed by atoms with Crippen molar-refractivity contribution in [1.29, 1.82) is 0 Å². The van der Waals surface area contributed by atoms with Gasteiger partial charge in [0.25, 0.3) is 5.91 Å². The van der Waals surface area contributed by atoms with Crippen molar-refractivity contribution < 1.29 is 19.1 Å². The number of hydrogen-bond donors (Lipinski definition) is 2. The number of hydrogen-bond acceptors (Lipinski definition) is 6. The van der Waals surface area contributed by atoms with Crippen LogP contribution in [0, 0.1) is 5.92 Å². The molecule has 2 heterocycles. The number of morpholine rings is 1. The van der Waals surface area contributed by atoms with Crippen LogP contribution < -0.4 is 20.3 Å². The van der Waals surface area contributed by atoms with E-state index in [9.17, 15) is 9.59 Å². The fraction of sp³-hybridized carbons (Fsp3) is 0.458. The van der Waals surface area contributed by atoms with Gasteiger partial charge < -0.3 is 25.0 Å². The predicted octanol–water partition coefficient (Wildman–Crippen LogP) is 2.39. The Morgan fingerprint density at radius 2 is 1.88 bits per heavy atom. The highest BCUT2D eigenvalue weighted by Gasteiger charge is 2.25. The fourth-order valence-corrected chi connectivity index (χ4v) is 3.55. The van der Waals surface area contributed by atoms with Crippen molar-refractivity contribution in [2.45, 2.75) is 33.4 Å². The Bertz CT molecular complexity index is 895. The number of pyridine rings is 1. The van der Waals surface area contributed by atoms with E-state index in [-0.39, 0.29) is 17.7 Å². The molecule has 172 valence electrons. The summed E-state index contributed by atoms with van der Waals surface area (Å²) in [6.45, 7) is 9.48. The monoisotopic (exact) mass is 440 g/mol. The standard InChI is InChI=1S/C24H32N4O4/c1-4-32-20-9-7-18(8-10-20)23(29)27-21(17(2)3)24(30)26-16-19-6-5-11-25-22(19)28-12-14-31-15-13-28/h5-11,17,21H,4,12-16H2,1-3H3,(H,26,30)(H,27,29). The molecule has 8 nitrogen and oxygen atoms in total. The van der Waals surface area contributed by atoms with E-state index in [1.54, 1.807) is 30.5 Å². The van der Waals surface area contributed by atoms with Gasteiger partial charge in [-0.05, 0) is 43.2 Å². The van der Waals surface area contributed by atoms with Crippen LogP contribution in [0.3, 0.4) is 0 Å². The number of nitrogens with one attached hydrogen (secondary N) is 2. The zero-order valence-electron chi connectivity index (χ0n) is 19.0. The lowest BCUT2D eigenvalue weighted by molar-refractivity contribution is -0.124. The summed E-state index contributed by atoms with van der Waals surface area (Å²) in [5, 5.41) is 5.83. The van der Waals surface area contributed by atoms with E-state index >= 15 is 0 Å². The van der Waals surface area contributed by atoms with Crippen LogP contribution in [-0.2, 0) is 16.1 Å². The second-order valence-corrected chi connectivity index (χ2v) is 7.96. The van der Waals surface area contributed by atoms with Gasteiger partial charge >= 0.3 is 0 Å². The van der Waals surface area contributed by atoms with Crippen molar-refractivity contribution in [3.63, 3.8) is 0 Å². The van der Waals surface area contributed by atoms with Crippen molar-refractivity contribution in [3.05, 3.63) is 53.7 Å². The quantitative estimate of drug-likeness (QED) is 0.622. The van der Waals surface area contributed by atoms with Crippen LogP contribution >= 0.6 is 0 Å². The molecule has 0 bridgehead atoms. The van der Waals surface area contributed by atoms with E-state index in [0.29, 0.717) is 37.7 Å². The Labute approximate surface area is 189 Å². The molecule has 1 aliphatic heterocycles. The topological polar surface area (TPSA) is 92.8 Å². The molecule has 2 N–H and O–H groups in total. The van der Waals surface area contributed by atoms with Gasteiger partial charge in [-0.2, -0.15) is 0 Å². The van der Waals surface area contributed by atoms with Crippen molar-refractivity contribution in [2.75, 3.05) is 37.8 Å². The van der Waals surface area contributed by atoms with Gasteiger partial charge in [-0.1, -0.05) is 19.9 Å². The van der Waals surface area contributed by atoms with Gasteiger partial charge in [-0.15, -0.1) is 0 Å². The number of ether oxygens (including phenoxy) is 2. The second kappa shape index (κ2) is 11.5. The highest BCUT2D eigenvalue weighted by molar-refractivity contribution is 5.97. The number of aromatic nitrogens is 1. The zero-order chi connectivity index (χ0) is 22.9. The first kappa shape index (κ1) is 23.5. The van der Waals surface area contributed by atoms with Crippen LogP contribution in [-0.4, -0.2) is 55.8 Å². The van der Waals surface area contributed by atoms with E-state index in [1.807, 2.05) is 32.9 Å². The third kappa shape index (κ3) is 6.20. The van der Waals surface area contributed by atoms with Gasteiger partial charge in [-0.3, -0.25) is 9.59 Å². The van der Waals surface area contributed by atoms with Gasteiger partial charge in [0.1, 0.15) is 17.6 Å². The van der Waals surface area contributed by atoms with Crippen LogP contribution in [0.25, 0.3) is 0 Å². The molecule has 0 aliphatic carbocycles. The molecule has 3 rings (SSSR count). The SMILES string of the molecule is CCOc1ccc(C(=O)NC(C(=O)NCc2cccnc2N2CCOCC2)C(C)C)cc1. The number of carbonyl (C=O) groups excluding carboxylic acids is 2. The molecule has 2 aromatic rings. The van der Waals surface area contributed by atoms with Gasteiger partial charge in [-0.25, -0.2) is 4.98 Å². The lowest BCUT2D eigenvalue weighted by Gasteiger charge is -2.29. The molecule has 0 spiro atoms. The van der Waals surface area contributed by atoms with Crippen molar-refractivity contribution in [3.8, 4) is 5.75 Å². The van der Waals surface area contributed by atoms with E-state index < -0.39 is 6.04 Å². The summed E-state index contributed by atoms with van der Waals surface area (Å²) in [6, 6.07) is 10.0. The molecule has 1 aliphatic rings. The van der Waals surface area contributed by atoms with Crippen LogP contribution in [0.2, 0.25) is 0 Å². The molecular weight excluding hydrogens is 408 g/mol. The summed E-state index contributed by atoms with van der Waals surface area (Å²) in [4.78, 5) is 32.3. The second-order valence-electron chi connectivity index (χ2n) is 7.96. The number of anilines is 1. The number of benzene rings is 1. The molecule has 32 heavy (non-hydrogen) atoms. The molecule has 1 atom stereocenters. The predicted molar refractivity (Wildman–Crippen MR) is 123 cm³/mol. The maximum atomic E-state index is 13.0. The first-order valence-electron chi connectivity index (χ1n) is 11.1. The Morgan fingerprint density at radius 3 is 2.53 bits per heavy atom. The highest BCUT2D eigenvalue weighted by Crippen LogP contribution is 2.18. The Kier molecular flexibility index (Phi) is 8.44. The molecule has 0 radical (unpaired) electrons. The third-order valence-corrected chi connectivity index (χ3v) is 5.29. The molecule has 1 aromatic carbocycles. The average molecular weight is 441 g/mol. The van der Waals surface area contributed by atoms with Gasteiger partial charge in [0.2, 0.25) is 5.91 Å². The van der Waals surface area contributed by atoms with Crippen LogP contribution in [0.4, 0.5) is 5.82 Å². The highest BCUT2D eigenvalue weighted by atomic mass is 16.5. The minimum absolute atomic E-state index is 0.0748. The van der Waals surface area contributed by atoms with E-state index in [0.717, 1.165) is 24.5 Å². The molecule has 0 saturated carbocycles. The van der Waals surface area contributed by atoms with Crippen molar-refractivity contribution >= 4 is 17.6 Å². The smallest absolute Gasteiger partial charge is 0.251 e. The summed E-state index contributed by atoms with van der Waals surface area (Å²) >= 11 is 0. The van der Waals surface area contributed by atoms with Crippen molar-refractivity contribution in [2.24, 2.45) is 5.92 Å². The number of nitrogens with zero attached hydrogens (tertiary/aromatic N) is 2. The summed E-state index contributed by atoms with van der Waals surface area (Å²) in [5.41, 5.74) is 1.41. The van der Waals surface area contributed by atoms with Crippen molar-refractivity contribution in [1.82, 2.24) is 15.6 Å². The fourth-order valence-electron chi connectivity index (χ4n) is 3.55. The molecular formula is C24H32N4O4. The van der Waals surface area contributed by atoms with Crippen LogP contribution in [0.15, 0.2) is 42.6 Å². The van der Waals surface area contributed by atoms with Gasteiger partial charge in [0.05, 0.1) is 19.8 Å². The Morgan fingerprint density at radius 1 is 1.16 bits per heavy atom. The third-order valence-electron chi connectivity index (χ3n) is 5.29. The number of rotatable bonds is 9. The first-order chi connectivity index (χ1) is 15.5. The Balaban J connectivity index is 1.63. The molecule has 2 amide bonds. The minimum Gasteiger partial charge on any atom is -0.494 e. The maximum Gasteiger partial charge on any atom is 0.251 e. The molecule has 1 fully saturated rings. The lowest BCUT2D eigenvalue weighted by Crippen LogP contribution is -2.49. The zero-order valence-corrected chi connectivity index (χ0v) is 19.0. The maximum absolute atomic E-state index is 13.0. The summed E-state index contributed by atoms with van der Waals surface area (Å²) in [5.74, 6) is 0.966. The van der Waals surface area contributed by atoms with Gasteiger partial charge in [0, 0.05) is 37.0 Å². The number of carbonyl (C=O) groups is 2. The average Bonchev–Trinajstić information content (AvgIpc) is 2.82. The summed E-state index contributed by atoms with van der Waals surface area (Å²) in [7, 11) is 0. The van der Waals surface area contributed by atoms with Gasteiger partial charge in [0.15, 0.2) is 0 Å². The minimum atomic E-state index is -0.655. The molecule has 1 aromatic heterocycles.